The lowest BCUT2D eigenvalue weighted by Gasteiger charge is -2.05. The minimum Gasteiger partial charge on any atom is -0.298 e. The third kappa shape index (κ3) is 3.28. The fourth-order valence-corrected chi connectivity index (χ4v) is 1.94. The Labute approximate surface area is 99.4 Å². The van der Waals surface area contributed by atoms with Crippen molar-refractivity contribution in [2.45, 2.75) is 6.42 Å². The molecule has 1 rings (SSSR count). The SMILES string of the molecule is CSCC(=O)Cc1c(F)ccc(Br)c1F. The van der Waals surface area contributed by atoms with E-state index in [0.717, 1.165) is 6.07 Å². The number of carbonyl (C=O) groups excluding carboxylic acids is 1. The molecule has 0 aliphatic heterocycles. The number of rotatable bonds is 4. The lowest BCUT2D eigenvalue weighted by Crippen LogP contribution is -2.09. The molecule has 0 saturated carbocycles. The van der Waals surface area contributed by atoms with Crippen molar-refractivity contribution in [2.75, 3.05) is 12.0 Å². The molecule has 0 saturated heterocycles. The highest BCUT2D eigenvalue weighted by atomic mass is 79.9. The maximum absolute atomic E-state index is 13.4. The van der Waals surface area contributed by atoms with Crippen LogP contribution in [-0.4, -0.2) is 17.8 Å². The van der Waals surface area contributed by atoms with Gasteiger partial charge in [0.1, 0.15) is 17.4 Å². The Bertz CT molecular complexity index is 382. The zero-order valence-electron chi connectivity index (χ0n) is 8.02. The second-order valence-corrected chi connectivity index (χ2v) is 4.69. The highest BCUT2D eigenvalue weighted by molar-refractivity contribution is 9.10. The molecule has 82 valence electrons. The van der Waals surface area contributed by atoms with E-state index in [1.54, 1.807) is 6.26 Å². The summed E-state index contributed by atoms with van der Waals surface area (Å²) >= 11 is 4.29. The van der Waals surface area contributed by atoms with E-state index in [1.165, 1.54) is 17.8 Å². The van der Waals surface area contributed by atoms with Crippen LogP contribution < -0.4 is 0 Å². The van der Waals surface area contributed by atoms with Gasteiger partial charge in [-0.1, -0.05) is 0 Å². The second kappa shape index (κ2) is 5.61. The van der Waals surface area contributed by atoms with Gasteiger partial charge in [0, 0.05) is 12.0 Å². The van der Waals surface area contributed by atoms with Gasteiger partial charge in [-0.2, -0.15) is 11.8 Å². The van der Waals surface area contributed by atoms with Crippen LogP contribution in [0.1, 0.15) is 5.56 Å². The lowest BCUT2D eigenvalue weighted by molar-refractivity contribution is -0.116. The molecule has 5 heteroatoms. The molecule has 0 aliphatic carbocycles. The standard InChI is InChI=1S/C10H9BrF2OS/c1-15-5-6(14)4-7-9(12)3-2-8(11)10(7)13/h2-3H,4-5H2,1H3. The normalized spacial score (nSPS) is 10.4. The first-order valence-corrected chi connectivity index (χ1v) is 6.38. The second-order valence-electron chi connectivity index (χ2n) is 2.97. The van der Waals surface area contributed by atoms with Crippen molar-refractivity contribution in [1.82, 2.24) is 0 Å². The summed E-state index contributed by atoms with van der Waals surface area (Å²) in [6, 6.07) is 2.43. The average Bonchev–Trinajstić information content (AvgIpc) is 2.19. The number of benzene rings is 1. The summed E-state index contributed by atoms with van der Waals surface area (Å²) in [5.41, 5.74) is -0.163. The summed E-state index contributed by atoms with van der Waals surface area (Å²) < 4.78 is 26.8. The van der Waals surface area contributed by atoms with Crippen LogP contribution in [0.2, 0.25) is 0 Å². The fraction of sp³-hybridized carbons (Fsp3) is 0.300. The van der Waals surface area contributed by atoms with Gasteiger partial charge in [0.2, 0.25) is 0 Å². The van der Waals surface area contributed by atoms with E-state index in [2.05, 4.69) is 15.9 Å². The molecule has 0 amide bonds. The van der Waals surface area contributed by atoms with Crippen molar-refractivity contribution in [3.63, 3.8) is 0 Å². The van der Waals surface area contributed by atoms with E-state index in [1.807, 2.05) is 0 Å². The zero-order chi connectivity index (χ0) is 11.4. The monoisotopic (exact) mass is 294 g/mol. The highest BCUT2D eigenvalue weighted by Gasteiger charge is 2.15. The van der Waals surface area contributed by atoms with Gasteiger partial charge in [-0.25, -0.2) is 8.78 Å². The molecule has 1 aromatic carbocycles. The maximum atomic E-state index is 13.4. The molecule has 0 bridgehead atoms. The molecule has 0 aromatic heterocycles. The number of ketones is 1. The summed E-state index contributed by atoms with van der Waals surface area (Å²) in [5, 5.41) is 0. The van der Waals surface area contributed by atoms with Crippen molar-refractivity contribution in [2.24, 2.45) is 0 Å². The molecule has 0 heterocycles. The van der Waals surface area contributed by atoms with Gasteiger partial charge in [0.15, 0.2) is 0 Å². The number of thioether (sulfide) groups is 1. The first-order valence-electron chi connectivity index (χ1n) is 4.19. The first-order chi connectivity index (χ1) is 7.06. The Hall–Kier alpha value is -0.420. The third-order valence-electron chi connectivity index (χ3n) is 1.82. The maximum Gasteiger partial charge on any atom is 0.147 e. The number of hydrogen-bond acceptors (Lipinski definition) is 2. The number of halogens is 3. The topological polar surface area (TPSA) is 17.1 Å². The molecule has 1 nitrogen and oxygen atoms in total. The largest absolute Gasteiger partial charge is 0.298 e. The van der Waals surface area contributed by atoms with Gasteiger partial charge in [-0.15, -0.1) is 0 Å². The number of carbonyl (C=O) groups is 1. The smallest absolute Gasteiger partial charge is 0.147 e. The van der Waals surface area contributed by atoms with E-state index in [9.17, 15) is 13.6 Å². The van der Waals surface area contributed by atoms with Crippen LogP contribution in [-0.2, 0) is 11.2 Å². The fourth-order valence-electron chi connectivity index (χ4n) is 1.14. The Kier molecular flexibility index (Phi) is 4.73. The van der Waals surface area contributed by atoms with E-state index < -0.39 is 11.6 Å². The minimum absolute atomic E-state index is 0.163. The van der Waals surface area contributed by atoms with Gasteiger partial charge in [-0.3, -0.25) is 4.79 Å². The van der Waals surface area contributed by atoms with Gasteiger partial charge in [-0.05, 0) is 34.3 Å². The Morgan fingerprint density at radius 2 is 2.13 bits per heavy atom. The Morgan fingerprint density at radius 3 is 2.73 bits per heavy atom. The first kappa shape index (κ1) is 12.6. The zero-order valence-corrected chi connectivity index (χ0v) is 10.4. The summed E-state index contributed by atoms with van der Waals surface area (Å²) in [6.07, 6.45) is 1.57. The van der Waals surface area contributed by atoms with Crippen LogP contribution in [0.15, 0.2) is 16.6 Å². The van der Waals surface area contributed by atoms with Crippen molar-refractivity contribution < 1.29 is 13.6 Å². The van der Waals surface area contributed by atoms with Crippen LogP contribution in [0, 0.1) is 11.6 Å². The summed E-state index contributed by atoms with van der Waals surface area (Å²) in [6.45, 7) is 0. The van der Waals surface area contributed by atoms with Crippen molar-refractivity contribution in [3.05, 3.63) is 33.8 Å². The molecule has 0 N–H and O–H groups in total. The molecule has 0 fully saturated rings. The van der Waals surface area contributed by atoms with Gasteiger partial charge >= 0.3 is 0 Å². The molecule has 0 radical (unpaired) electrons. The van der Waals surface area contributed by atoms with Crippen molar-refractivity contribution in [1.29, 1.82) is 0 Å². The highest BCUT2D eigenvalue weighted by Crippen LogP contribution is 2.22. The van der Waals surface area contributed by atoms with E-state index in [0.29, 0.717) is 0 Å². The van der Waals surface area contributed by atoms with Crippen LogP contribution in [0.25, 0.3) is 0 Å². The molecule has 1 aromatic rings. The number of hydrogen-bond donors (Lipinski definition) is 0. The summed E-state index contributed by atoms with van der Waals surface area (Å²) in [4.78, 5) is 11.3. The minimum atomic E-state index is -0.690. The molecule has 0 unspecified atom stereocenters. The van der Waals surface area contributed by atoms with Crippen LogP contribution >= 0.6 is 27.7 Å². The quantitative estimate of drug-likeness (QED) is 0.793. The van der Waals surface area contributed by atoms with E-state index >= 15 is 0 Å². The van der Waals surface area contributed by atoms with Crippen LogP contribution in [0.3, 0.4) is 0 Å². The predicted octanol–water partition coefficient (Wildman–Crippen LogP) is 3.20. The molecular formula is C10H9BrF2OS. The van der Waals surface area contributed by atoms with E-state index in [4.69, 9.17) is 0 Å². The molecule has 0 aliphatic rings. The Balaban J connectivity index is 2.93. The molecule has 0 atom stereocenters. The Morgan fingerprint density at radius 1 is 1.47 bits per heavy atom. The average molecular weight is 295 g/mol. The van der Waals surface area contributed by atoms with Crippen molar-refractivity contribution >= 4 is 33.5 Å². The van der Waals surface area contributed by atoms with Crippen LogP contribution in [0.4, 0.5) is 8.78 Å². The lowest BCUT2D eigenvalue weighted by atomic mass is 10.1. The van der Waals surface area contributed by atoms with Gasteiger partial charge in [0.25, 0.3) is 0 Å². The van der Waals surface area contributed by atoms with Gasteiger partial charge in [0.05, 0.1) is 10.2 Å². The van der Waals surface area contributed by atoms with Gasteiger partial charge < -0.3 is 0 Å². The van der Waals surface area contributed by atoms with E-state index in [-0.39, 0.29) is 28.0 Å². The van der Waals surface area contributed by atoms with Crippen LogP contribution in [0.5, 0.6) is 0 Å². The molecule has 15 heavy (non-hydrogen) atoms. The molecular weight excluding hydrogens is 286 g/mol. The third-order valence-corrected chi connectivity index (χ3v) is 3.04. The van der Waals surface area contributed by atoms with Crippen molar-refractivity contribution in [3.8, 4) is 0 Å². The predicted molar refractivity (Wildman–Crippen MR) is 61.2 cm³/mol. The summed E-state index contributed by atoms with van der Waals surface area (Å²) in [7, 11) is 0. The summed E-state index contributed by atoms with van der Waals surface area (Å²) in [5.74, 6) is -1.28. The molecule has 0 spiro atoms. The number of Topliss-reactive ketones (excluding diaryl/α,β-unsaturated/α-hetero) is 1.